The largest absolute Gasteiger partial charge is 0.448 e. The standard InChI is InChI=1S/C12H20N2O8/c1-5-19-9(15)13(10(16)20-6-2)14(11(17)21-7-3)12(18)22-8-4/h5-8H2,1-4H3. The second-order valence-electron chi connectivity index (χ2n) is 3.42. The van der Waals surface area contributed by atoms with Crippen molar-refractivity contribution in [1.82, 2.24) is 10.0 Å². The van der Waals surface area contributed by atoms with E-state index in [2.05, 4.69) is 18.9 Å². The van der Waals surface area contributed by atoms with Crippen LogP contribution in [-0.2, 0) is 18.9 Å². The van der Waals surface area contributed by atoms with Gasteiger partial charge in [0.15, 0.2) is 0 Å². The van der Waals surface area contributed by atoms with Crippen molar-refractivity contribution in [3.8, 4) is 0 Å². The van der Waals surface area contributed by atoms with Gasteiger partial charge in [-0.05, 0) is 27.7 Å². The lowest BCUT2D eigenvalue weighted by Crippen LogP contribution is -2.56. The highest BCUT2D eigenvalue weighted by Crippen LogP contribution is 2.10. The molecule has 10 heteroatoms. The molecule has 0 spiro atoms. The highest BCUT2D eigenvalue weighted by atomic mass is 16.6. The zero-order chi connectivity index (χ0) is 17.1. The van der Waals surface area contributed by atoms with Crippen LogP contribution >= 0.6 is 0 Å². The minimum absolute atomic E-state index is 0.0863. The number of amides is 4. The van der Waals surface area contributed by atoms with Gasteiger partial charge in [0.2, 0.25) is 0 Å². The van der Waals surface area contributed by atoms with Gasteiger partial charge >= 0.3 is 24.4 Å². The molecule has 0 rings (SSSR count). The Morgan fingerprint density at radius 2 is 0.727 bits per heavy atom. The summed E-state index contributed by atoms with van der Waals surface area (Å²) in [6, 6.07) is 0. The summed E-state index contributed by atoms with van der Waals surface area (Å²) in [5.74, 6) is 0. The van der Waals surface area contributed by atoms with E-state index < -0.39 is 24.4 Å². The fourth-order valence-electron chi connectivity index (χ4n) is 1.21. The van der Waals surface area contributed by atoms with E-state index in [1.165, 1.54) is 27.7 Å². The summed E-state index contributed by atoms with van der Waals surface area (Å²) in [4.78, 5) is 47.5. The summed E-state index contributed by atoms with van der Waals surface area (Å²) in [5, 5.41) is 0.173. The third-order valence-electron chi connectivity index (χ3n) is 1.96. The Kier molecular flexibility index (Phi) is 9.07. The summed E-state index contributed by atoms with van der Waals surface area (Å²) in [6.45, 7) is 5.59. The highest BCUT2D eigenvalue weighted by molar-refractivity contribution is 5.97. The van der Waals surface area contributed by atoms with Crippen molar-refractivity contribution in [3.63, 3.8) is 0 Å². The molecular formula is C12H20N2O8. The Morgan fingerprint density at radius 3 is 0.864 bits per heavy atom. The molecule has 0 heterocycles. The van der Waals surface area contributed by atoms with Gasteiger partial charge in [0.1, 0.15) is 0 Å². The first-order valence-electron chi connectivity index (χ1n) is 6.71. The fourth-order valence-corrected chi connectivity index (χ4v) is 1.21. The summed E-state index contributed by atoms with van der Waals surface area (Å²) < 4.78 is 18.6. The SMILES string of the molecule is CCOC(=O)N(C(=O)OCC)N(C(=O)OCC)C(=O)OCC. The number of carbonyl (C=O) groups excluding carboxylic acids is 4. The van der Waals surface area contributed by atoms with Crippen LogP contribution in [0.3, 0.4) is 0 Å². The van der Waals surface area contributed by atoms with E-state index in [9.17, 15) is 19.2 Å². The van der Waals surface area contributed by atoms with Gasteiger partial charge in [-0.15, -0.1) is 0 Å². The molecular weight excluding hydrogens is 300 g/mol. The molecule has 0 aliphatic rings. The van der Waals surface area contributed by atoms with E-state index in [-0.39, 0.29) is 36.4 Å². The number of ether oxygens (including phenoxy) is 4. The van der Waals surface area contributed by atoms with Gasteiger partial charge in [0.05, 0.1) is 26.4 Å². The van der Waals surface area contributed by atoms with Crippen LogP contribution in [0.5, 0.6) is 0 Å². The highest BCUT2D eigenvalue weighted by Gasteiger charge is 2.41. The van der Waals surface area contributed by atoms with Crippen LogP contribution in [-0.4, -0.2) is 60.8 Å². The van der Waals surface area contributed by atoms with Gasteiger partial charge in [0, 0.05) is 0 Å². The maximum atomic E-state index is 11.9. The van der Waals surface area contributed by atoms with E-state index in [1.54, 1.807) is 0 Å². The van der Waals surface area contributed by atoms with E-state index in [0.29, 0.717) is 0 Å². The van der Waals surface area contributed by atoms with E-state index >= 15 is 0 Å². The van der Waals surface area contributed by atoms with Crippen molar-refractivity contribution in [3.05, 3.63) is 0 Å². The molecule has 0 saturated heterocycles. The average molecular weight is 320 g/mol. The molecule has 22 heavy (non-hydrogen) atoms. The van der Waals surface area contributed by atoms with Crippen LogP contribution in [0.2, 0.25) is 0 Å². The first kappa shape index (κ1) is 19.5. The Hall–Kier alpha value is -2.52. The summed E-state index contributed by atoms with van der Waals surface area (Å²) in [5.41, 5.74) is 0. The van der Waals surface area contributed by atoms with Crippen LogP contribution < -0.4 is 0 Å². The van der Waals surface area contributed by atoms with Gasteiger partial charge in [-0.25, -0.2) is 19.2 Å². The molecule has 0 atom stereocenters. The lowest BCUT2D eigenvalue weighted by atomic mass is 10.7. The van der Waals surface area contributed by atoms with Crippen molar-refractivity contribution in [1.29, 1.82) is 0 Å². The summed E-state index contributed by atoms with van der Waals surface area (Å²) >= 11 is 0. The molecule has 0 aliphatic heterocycles. The van der Waals surface area contributed by atoms with E-state index in [0.717, 1.165) is 0 Å². The number of imide groups is 2. The third kappa shape index (κ3) is 5.46. The van der Waals surface area contributed by atoms with Crippen LogP contribution in [0.1, 0.15) is 27.7 Å². The van der Waals surface area contributed by atoms with Crippen LogP contribution in [0.25, 0.3) is 0 Å². The van der Waals surface area contributed by atoms with E-state index in [1.807, 2.05) is 0 Å². The van der Waals surface area contributed by atoms with Gasteiger partial charge < -0.3 is 18.9 Å². The molecule has 10 nitrogen and oxygen atoms in total. The van der Waals surface area contributed by atoms with Crippen LogP contribution in [0.4, 0.5) is 19.2 Å². The number of nitrogens with zero attached hydrogens (tertiary/aromatic N) is 2. The van der Waals surface area contributed by atoms with Gasteiger partial charge in [-0.3, -0.25) is 0 Å². The Bertz CT molecular complexity index is 338. The Labute approximate surface area is 127 Å². The number of hydrazine groups is 1. The van der Waals surface area contributed by atoms with Gasteiger partial charge in [-0.1, -0.05) is 10.0 Å². The zero-order valence-corrected chi connectivity index (χ0v) is 13.0. The van der Waals surface area contributed by atoms with Crippen molar-refractivity contribution in [2.45, 2.75) is 27.7 Å². The van der Waals surface area contributed by atoms with E-state index in [4.69, 9.17) is 0 Å². The van der Waals surface area contributed by atoms with Crippen LogP contribution in [0, 0.1) is 0 Å². The number of rotatable bonds is 4. The Balaban J connectivity index is 5.59. The summed E-state index contributed by atoms with van der Waals surface area (Å²) in [7, 11) is 0. The van der Waals surface area contributed by atoms with Gasteiger partial charge in [-0.2, -0.15) is 0 Å². The first-order chi connectivity index (χ1) is 10.4. The quantitative estimate of drug-likeness (QED) is 0.572. The molecule has 0 N–H and O–H groups in total. The monoisotopic (exact) mass is 320 g/mol. The smallest absolute Gasteiger partial charge is 0.439 e. The minimum atomic E-state index is -1.28. The number of hydrogen-bond acceptors (Lipinski definition) is 8. The fraction of sp³-hybridized carbons (Fsp3) is 0.667. The van der Waals surface area contributed by atoms with Crippen molar-refractivity contribution < 1.29 is 38.1 Å². The molecule has 0 saturated carbocycles. The molecule has 0 bridgehead atoms. The van der Waals surface area contributed by atoms with Crippen molar-refractivity contribution in [2.75, 3.05) is 26.4 Å². The lowest BCUT2D eigenvalue weighted by molar-refractivity contribution is -0.0177. The molecule has 0 aliphatic carbocycles. The average Bonchev–Trinajstić information content (AvgIpc) is 2.45. The first-order valence-corrected chi connectivity index (χ1v) is 6.71. The lowest BCUT2D eigenvalue weighted by Gasteiger charge is -2.27. The van der Waals surface area contributed by atoms with Crippen molar-refractivity contribution >= 4 is 24.4 Å². The maximum absolute atomic E-state index is 11.9. The molecule has 0 aromatic heterocycles. The minimum Gasteiger partial charge on any atom is -0.448 e. The maximum Gasteiger partial charge on any atom is 0.439 e. The third-order valence-corrected chi connectivity index (χ3v) is 1.96. The Morgan fingerprint density at radius 1 is 0.545 bits per heavy atom. The van der Waals surface area contributed by atoms with Crippen LogP contribution in [0.15, 0.2) is 0 Å². The summed E-state index contributed by atoms with van der Waals surface area (Å²) in [6.07, 6.45) is -5.10. The molecule has 0 unspecified atom stereocenters. The molecule has 0 aromatic rings. The second-order valence-corrected chi connectivity index (χ2v) is 3.42. The van der Waals surface area contributed by atoms with Gasteiger partial charge in [0.25, 0.3) is 0 Å². The number of hydrogen-bond donors (Lipinski definition) is 0. The number of carbonyl (C=O) groups is 4. The normalized spacial score (nSPS) is 9.45. The topological polar surface area (TPSA) is 112 Å². The zero-order valence-electron chi connectivity index (χ0n) is 13.0. The molecule has 0 fully saturated rings. The molecule has 4 amide bonds. The second kappa shape index (κ2) is 10.2. The van der Waals surface area contributed by atoms with Crippen molar-refractivity contribution in [2.24, 2.45) is 0 Å². The molecule has 126 valence electrons. The predicted molar refractivity (Wildman–Crippen MR) is 71.8 cm³/mol. The predicted octanol–water partition coefficient (Wildman–Crippen LogP) is 2.13. The molecule has 0 aromatic carbocycles. The molecule has 0 radical (unpaired) electrons.